The lowest BCUT2D eigenvalue weighted by molar-refractivity contribution is 0.251. The summed E-state index contributed by atoms with van der Waals surface area (Å²) in [4.78, 5) is 16.1. The highest BCUT2D eigenvalue weighted by molar-refractivity contribution is 7.92. The standard InChI is InChI=1S/C21H22N4O4S/c1-15-5-8-18(29-2)12-20(15)25-30(27,28)19-9-6-17(7-10-19)24-21(26)23-14-16-4-3-11-22-13-16/h3-13,25H,14H2,1-2H3,(H2,23,24,26). The number of amides is 2. The summed E-state index contributed by atoms with van der Waals surface area (Å²) in [7, 11) is -2.28. The fourth-order valence-electron chi connectivity index (χ4n) is 2.62. The minimum absolute atomic E-state index is 0.0750. The molecule has 156 valence electrons. The summed E-state index contributed by atoms with van der Waals surface area (Å²) < 4.78 is 33.1. The summed E-state index contributed by atoms with van der Waals surface area (Å²) in [5.41, 5.74) is 2.54. The lowest BCUT2D eigenvalue weighted by Gasteiger charge is -2.13. The zero-order chi connectivity index (χ0) is 21.6. The van der Waals surface area contributed by atoms with Crippen molar-refractivity contribution in [1.29, 1.82) is 0 Å². The van der Waals surface area contributed by atoms with Gasteiger partial charge in [0.05, 0.1) is 17.7 Å². The van der Waals surface area contributed by atoms with Gasteiger partial charge in [0.25, 0.3) is 10.0 Å². The second kappa shape index (κ2) is 9.27. The minimum atomic E-state index is -3.79. The Morgan fingerprint density at radius 2 is 1.87 bits per heavy atom. The number of ether oxygens (including phenoxy) is 1. The summed E-state index contributed by atoms with van der Waals surface area (Å²) >= 11 is 0. The fourth-order valence-corrected chi connectivity index (χ4v) is 3.74. The number of benzene rings is 2. The predicted molar refractivity (Wildman–Crippen MR) is 115 cm³/mol. The zero-order valence-corrected chi connectivity index (χ0v) is 17.4. The van der Waals surface area contributed by atoms with Crippen molar-refractivity contribution in [3.63, 3.8) is 0 Å². The van der Waals surface area contributed by atoms with E-state index < -0.39 is 16.1 Å². The van der Waals surface area contributed by atoms with Gasteiger partial charge in [-0.15, -0.1) is 0 Å². The maximum atomic E-state index is 12.7. The molecule has 0 aliphatic carbocycles. The van der Waals surface area contributed by atoms with Crippen LogP contribution in [0.3, 0.4) is 0 Å². The molecule has 2 amide bonds. The van der Waals surface area contributed by atoms with Gasteiger partial charge in [-0.05, 0) is 54.4 Å². The highest BCUT2D eigenvalue weighted by atomic mass is 32.2. The molecular weight excluding hydrogens is 404 g/mol. The third-order valence-electron chi connectivity index (χ3n) is 4.29. The van der Waals surface area contributed by atoms with Crippen molar-refractivity contribution in [2.45, 2.75) is 18.4 Å². The highest BCUT2D eigenvalue weighted by Crippen LogP contribution is 2.25. The monoisotopic (exact) mass is 426 g/mol. The number of hydrogen-bond acceptors (Lipinski definition) is 5. The summed E-state index contributed by atoms with van der Waals surface area (Å²) in [6.07, 6.45) is 3.32. The van der Waals surface area contributed by atoms with E-state index >= 15 is 0 Å². The van der Waals surface area contributed by atoms with Gasteiger partial charge in [0.1, 0.15) is 5.75 Å². The smallest absolute Gasteiger partial charge is 0.319 e. The molecule has 8 nitrogen and oxygen atoms in total. The largest absolute Gasteiger partial charge is 0.497 e. The van der Waals surface area contributed by atoms with Crippen LogP contribution in [-0.2, 0) is 16.6 Å². The van der Waals surface area contributed by atoms with E-state index in [0.717, 1.165) is 11.1 Å². The Hall–Kier alpha value is -3.59. The Morgan fingerprint density at radius 1 is 1.10 bits per heavy atom. The molecule has 3 N–H and O–H groups in total. The Bertz CT molecular complexity index is 1120. The number of nitrogens with zero attached hydrogens (tertiary/aromatic N) is 1. The summed E-state index contributed by atoms with van der Waals surface area (Å²) in [6, 6.07) is 14.3. The van der Waals surface area contributed by atoms with E-state index in [1.54, 1.807) is 43.6 Å². The Morgan fingerprint density at radius 3 is 2.53 bits per heavy atom. The van der Waals surface area contributed by atoms with Crippen LogP contribution in [0.15, 0.2) is 71.9 Å². The first kappa shape index (κ1) is 21.1. The average molecular weight is 426 g/mol. The van der Waals surface area contributed by atoms with Crippen LogP contribution < -0.4 is 20.1 Å². The molecule has 0 unspecified atom stereocenters. The third-order valence-corrected chi connectivity index (χ3v) is 5.67. The molecule has 3 rings (SSSR count). The zero-order valence-electron chi connectivity index (χ0n) is 16.5. The molecule has 0 bridgehead atoms. The molecule has 1 aromatic heterocycles. The van der Waals surface area contributed by atoms with Crippen molar-refractivity contribution in [3.05, 3.63) is 78.1 Å². The van der Waals surface area contributed by atoms with Crippen LogP contribution in [0.4, 0.5) is 16.2 Å². The second-order valence-electron chi connectivity index (χ2n) is 6.48. The minimum Gasteiger partial charge on any atom is -0.497 e. The first-order chi connectivity index (χ1) is 14.4. The van der Waals surface area contributed by atoms with Crippen molar-refractivity contribution >= 4 is 27.4 Å². The van der Waals surface area contributed by atoms with Gasteiger partial charge >= 0.3 is 6.03 Å². The molecule has 0 saturated heterocycles. The predicted octanol–water partition coefficient (Wildman–Crippen LogP) is 3.52. The molecule has 0 aliphatic rings. The van der Waals surface area contributed by atoms with E-state index in [0.29, 0.717) is 23.7 Å². The molecular formula is C21H22N4O4S. The van der Waals surface area contributed by atoms with Gasteiger partial charge in [-0.25, -0.2) is 13.2 Å². The Kier molecular flexibility index (Phi) is 6.53. The number of methoxy groups -OCH3 is 1. The van der Waals surface area contributed by atoms with Crippen molar-refractivity contribution in [2.75, 3.05) is 17.1 Å². The van der Waals surface area contributed by atoms with Crippen LogP contribution in [0, 0.1) is 6.92 Å². The van der Waals surface area contributed by atoms with Gasteiger partial charge in [0.2, 0.25) is 0 Å². The second-order valence-corrected chi connectivity index (χ2v) is 8.16. The number of carbonyl (C=O) groups is 1. The molecule has 3 aromatic rings. The SMILES string of the molecule is COc1ccc(C)c(NS(=O)(=O)c2ccc(NC(=O)NCc3cccnc3)cc2)c1. The molecule has 0 saturated carbocycles. The number of hydrogen-bond donors (Lipinski definition) is 3. The van der Waals surface area contributed by atoms with E-state index in [4.69, 9.17) is 4.74 Å². The van der Waals surface area contributed by atoms with E-state index in [-0.39, 0.29) is 4.90 Å². The number of rotatable bonds is 7. The normalized spacial score (nSPS) is 10.9. The molecule has 2 aromatic carbocycles. The van der Waals surface area contributed by atoms with Gasteiger partial charge in [-0.2, -0.15) is 0 Å². The number of urea groups is 1. The Balaban J connectivity index is 1.63. The molecule has 1 heterocycles. The number of carbonyl (C=O) groups excluding carboxylic acids is 1. The molecule has 0 radical (unpaired) electrons. The Labute approximate surface area is 175 Å². The van der Waals surface area contributed by atoms with Crippen LogP contribution in [-0.4, -0.2) is 26.5 Å². The summed E-state index contributed by atoms with van der Waals surface area (Å²) in [5, 5.41) is 5.37. The first-order valence-corrected chi connectivity index (χ1v) is 10.6. The van der Waals surface area contributed by atoms with Gasteiger partial charge in [0, 0.05) is 30.7 Å². The van der Waals surface area contributed by atoms with Crippen LogP contribution in [0.25, 0.3) is 0 Å². The summed E-state index contributed by atoms with van der Waals surface area (Å²) in [6.45, 7) is 2.13. The van der Waals surface area contributed by atoms with E-state index in [9.17, 15) is 13.2 Å². The number of pyridine rings is 1. The maximum Gasteiger partial charge on any atom is 0.319 e. The van der Waals surface area contributed by atoms with E-state index in [1.165, 1.54) is 31.4 Å². The maximum absolute atomic E-state index is 12.7. The van der Waals surface area contributed by atoms with Crippen LogP contribution in [0.2, 0.25) is 0 Å². The van der Waals surface area contributed by atoms with Crippen LogP contribution in [0.1, 0.15) is 11.1 Å². The van der Waals surface area contributed by atoms with E-state index in [1.807, 2.05) is 6.07 Å². The van der Waals surface area contributed by atoms with Crippen molar-refractivity contribution < 1.29 is 17.9 Å². The molecule has 30 heavy (non-hydrogen) atoms. The van der Waals surface area contributed by atoms with Crippen LogP contribution >= 0.6 is 0 Å². The molecule has 0 aliphatic heterocycles. The van der Waals surface area contributed by atoms with Crippen molar-refractivity contribution in [3.8, 4) is 5.75 Å². The van der Waals surface area contributed by atoms with Crippen LogP contribution in [0.5, 0.6) is 5.75 Å². The van der Waals surface area contributed by atoms with Gasteiger partial charge < -0.3 is 15.4 Å². The van der Waals surface area contributed by atoms with Gasteiger partial charge in [-0.1, -0.05) is 12.1 Å². The van der Waals surface area contributed by atoms with Crippen molar-refractivity contribution in [2.24, 2.45) is 0 Å². The fraction of sp³-hybridized carbons (Fsp3) is 0.143. The quantitative estimate of drug-likeness (QED) is 0.536. The molecule has 9 heteroatoms. The third kappa shape index (κ3) is 5.48. The lowest BCUT2D eigenvalue weighted by atomic mass is 10.2. The number of aryl methyl sites for hydroxylation is 1. The average Bonchev–Trinajstić information content (AvgIpc) is 2.75. The lowest BCUT2D eigenvalue weighted by Crippen LogP contribution is -2.28. The molecule has 0 spiro atoms. The highest BCUT2D eigenvalue weighted by Gasteiger charge is 2.16. The van der Waals surface area contributed by atoms with E-state index in [2.05, 4.69) is 20.3 Å². The summed E-state index contributed by atoms with van der Waals surface area (Å²) in [5.74, 6) is 0.551. The first-order valence-electron chi connectivity index (χ1n) is 9.09. The number of nitrogens with one attached hydrogen (secondary N) is 3. The molecule has 0 fully saturated rings. The van der Waals surface area contributed by atoms with Gasteiger partial charge in [0.15, 0.2) is 0 Å². The van der Waals surface area contributed by atoms with Crippen molar-refractivity contribution in [1.82, 2.24) is 10.3 Å². The van der Waals surface area contributed by atoms with Gasteiger partial charge in [-0.3, -0.25) is 9.71 Å². The topological polar surface area (TPSA) is 109 Å². The number of aromatic nitrogens is 1. The molecule has 0 atom stereocenters. The number of anilines is 2. The number of sulfonamides is 1.